The lowest BCUT2D eigenvalue weighted by Crippen LogP contribution is -2.35. The van der Waals surface area contributed by atoms with E-state index in [1.54, 1.807) is 0 Å². The number of benzene rings is 1. The maximum absolute atomic E-state index is 13.4. The van der Waals surface area contributed by atoms with E-state index in [0.717, 1.165) is 23.9 Å². The lowest BCUT2D eigenvalue weighted by Gasteiger charge is -2.23. The lowest BCUT2D eigenvalue weighted by atomic mass is 9.90. The minimum absolute atomic E-state index is 0.124. The SMILES string of the molecule is CC(C)(CCBr)CNC(=O)c1c(F)cccc1F. The molecule has 2 nitrogen and oxygen atoms in total. The van der Waals surface area contributed by atoms with Gasteiger partial charge in [-0.25, -0.2) is 8.78 Å². The molecule has 100 valence electrons. The Balaban J connectivity index is 2.72. The van der Waals surface area contributed by atoms with E-state index in [9.17, 15) is 13.6 Å². The third-order valence-corrected chi connectivity index (χ3v) is 3.09. The third-order valence-electron chi connectivity index (χ3n) is 2.69. The van der Waals surface area contributed by atoms with Crippen molar-refractivity contribution in [1.29, 1.82) is 0 Å². The molecule has 18 heavy (non-hydrogen) atoms. The van der Waals surface area contributed by atoms with Crippen LogP contribution in [0.25, 0.3) is 0 Å². The van der Waals surface area contributed by atoms with Gasteiger partial charge in [0.15, 0.2) is 0 Å². The molecule has 0 aliphatic carbocycles. The monoisotopic (exact) mass is 319 g/mol. The topological polar surface area (TPSA) is 29.1 Å². The van der Waals surface area contributed by atoms with Crippen molar-refractivity contribution in [1.82, 2.24) is 5.32 Å². The van der Waals surface area contributed by atoms with Crippen molar-refractivity contribution >= 4 is 21.8 Å². The van der Waals surface area contributed by atoms with Crippen LogP contribution in [-0.2, 0) is 0 Å². The molecule has 1 aromatic carbocycles. The van der Waals surface area contributed by atoms with Gasteiger partial charge in [-0.15, -0.1) is 0 Å². The van der Waals surface area contributed by atoms with Gasteiger partial charge in [0.1, 0.15) is 17.2 Å². The number of nitrogens with one attached hydrogen (secondary N) is 1. The summed E-state index contributed by atoms with van der Waals surface area (Å²) in [6.45, 7) is 4.32. The largest absolute Gasteiger partial charge is 0.351 e. The first-order valence-corrected chi connectivity index (χ1v) is 6.78. The van der Waals surface area contributed by atoms with E-state index < -0.39 is 23.1 Å². The van der Waals surface area contributed by atoms with Crippen molar-refractivity contribution in [2.24, 2.45) is 5.41 Å². The number of alkyl halides is 1. The normalized spacial score (nSPS) is 11.4. The molecule has 0 fully saturated rings. The first kappa shape index (κ1) is 15.1. The van der Waals surface area contributed by atoms with Crippen LogP contribution in [0.5, 0.6) is 0 Å². The molecule has 0 atom stereocenters. The Bertz CT molecular complexity index is 415. The summed E-state index contributed by atoms with van der Waals surface area (Å²) in [6.07, 6.45) is 0.854. The van der Waals surface area contributed by atoms with Crippen molar-refractivity contribution in [2.75, 3.05) is 11.9 Å². The van der Waals surface area contributed by atoms with Crippen LogP contribution in [0.4, 0.5) is 8.78 Å². The highest BCUT2D eigenvalue weighted by Crippen LogP contribution is 2.20. The first-order valence-electron chi connectivity index (χ1n) is 5.65. The third kappa shape index (κ3) is 4.05. The van der Waals surface area contributed by atoms with Crippen LogP contribution in [0.1, 0.15) is 30.6 Å². The molecule has 1 rings (SSSR count). The number of hydrogen-bond donors (Lipinski definition) is 1. The number of hydrogen-bond acceptors (Lipinski definition) is 1. The standard InChI is InChI=1S/C13H16BrF2NO/c1-13(2,6-7-14)8-17-12(18)11-9(15)4-3-5-10(11)16/h3-5H,6-8H2,1-2H3,(H,17,18). The Morgan fingerprint density at radius 1 is 1.33 bits per heavy atom. The molecular formula is C13H16BrF2NO. The van der Waals surface area contributed by atoms with Gasteiger partial charge in [-0.2, -0.15) is 0 Å². The van der Waals surface area contributed by atoms with Crippen LogP contribution in [0.2, 0.25) is 0 Å². The average Bonchev–Trinajstić information content (AvgIpc) is 2.26. The highest BCUT2D eigenvalue weighted by atomic mass is 79.9. The van der Waals surface area contributed by atoms with Gasteiger partial charge in [-0.1, -0.05) is 35.8 Å². The van der Waals surface area contributed by atoms with Crippen LogP contribution in [0.3, 0.4) is 0 Å². The summed E-state index contributed by atoms with van der Waals surface area (Å²) in [6, 6.07) is 3.37. The van der Waals surface area contributed by atoms with Gasteiger partial charge in [0.05, 0.1) is 0 Å². The van der Waals surface area contributed by atoms with E-state index in [2.05, 4.69) is 21.2 Å². The van der Waals surface area contributed by atoms with E-state index in [0.29, 0.717) is 6.54 Å². The van der Waals surface area contributed by atoms with Gasteiger partial charge < -0.3 is 5.32 Å². The van der Waals surface area contributed by atoms with Gasteiger partial charge in [-0.3, -0.25) is 4.79 Å². The molecule has 0 aliphatic rings. The number of amides is 1. The fraction of sp³-hybridized carbons (Fsp3) is 0.462. The Labute approximate surface area is 114 Å². The summed E-state index contributed by atoms with van der Waals surface area (Å²) in [5.74, 6) is -2.40. The Morgan fingerprint density at radius 2 is 1.89 bits per heavy atom. The molecule has 0 bridgehead atoms. The summed E-state index contributed by atoms with van der Waals surface area (Å²) >= 11 is 3.33. The quantitative estimate of drug-likeness (QED) is 0.827. The van der Waals surface area contributed by atoms with Crippen molar-refractivity contribution in [3.63, 3.8) is 0 Å². The fourth-order valence-electron chi connectivity index (χ4n) is 1.47. The molecule has 5 heteroatoms. The molecular weight excluding hydrogens is 304 g/mol. The van der Waals surface area contributed by atoms with Crippen molar-refractivity contribution in [2.45, 2.75) is 20.3 Å². The molecule has 0 saturated carbocycles. The summed E-state index contributed by atoms with van der Waals surface area (Å²) in [7, 11) is 0. The molecule has 0 aliphatic heterocycles. The van der Waals surface area contributed by atoms with Gasteiger partial charge in [0.25, 0.3) is 5.91 Å². The van der Waals surface area contributed by atoms with E-state index >= 15 is 0 Å². The second-order valence-electron chi connectivity index (χ2n) is 4.88. The molecule has 0 aromatic heterocycles. The van der Waals surface area contributed by atoms with Gasteiger partial charge in [0, 0.05) is 11.9 Å². The zero-order valence-corrected chi connectivity index (χ0v) is 12.0. The van der Waals surface area contributed by atoms with Crippen LogP contribution >= 0.6 is 15.9 Å². The fourth-order valence-corrected chi connectivity index (χ4v) is 2.54. The van der Waals surface area contributed by atoms with Gasteiger partial charge in [-0.05, 0) is 24.0 Å². The predicted octanol–water partition coefficient (Wildman–Crippen LogP) is 3.51. The second-order valence-corrected chi connectivity index (χ2v) is 5.68. The molecule has 1 aromatic rings. The molecule has 0 radical (unpaired) electrons. The highest BCUT2D eigenvalue weighted by molar-refractivity contribution is 9.09. The van der Waals surface area contributed by atoms with Crippen molar-refractivity contribution < 1.29 is 13.6 Å². The van der Waals surface area contributed by atoms with Crippen LogP contribution in [0.15, 0.2) is 18.2 Å². The lowest BCUT2D eigenvalue weighted by molar-refractivity contribution is 0.0927. The average molecular weight is 320 g/mol. The summed E-state index contributed by atoms with van der Waals surface area (Å²) in [5.41, 5.74) is -0.645. The van der Waals surface area contributed by atoms with Crippen LogP contribution in [-0.4, -0.2) is 17.8 Å². The molecule has 1 N–H and O–H groups in total. The molecule has 0 unspecified atom stereocenters. The number of carbonyl (C=O) groups is 1. The Hall–Kier alpha value is -0.970. The maximum atomic E-state index is 13.4. The van der Waals surface area contributed by atoms with E-state index in [4.69, 9.17) is 0 Å². The first-order chi connectivity index (χ1) is 8.37. The van der Waals surface area contributed by atoms with Crippen LogP contribution < -0.4 is 5.32 Å². The number of carbonyl (C=O) groups excluding carboxylic acids is 1. The van der Waals surface area contributed by atoms with E-state index in [1.165, 1.54) is 6.07 Å². The summed E-state index contributed by atoms with van der Waals surface area (Å²) in [4.78, 5) is 11.7. The van der Waals surface area contributed by atoms with Gasteiger partial charge >= 0.3 is 0 Å². The number of rotatable bonds is 5. The highest BCUT2D eigenvalue weighted by Gasteiger charge is 2.21. The smallest absolute Gasteiger partial charge is 0.257 e. The minimum atomic E-state index is -0.842. The van der Waals surface area contributed by atoms with Gasteiger partial charge in [0.2, 0.25) is 0 Å². The minimum Gasteiger partial charge on any atom is -0.351 e. The summed E-state index contributed by atoms with van der Waals surface area (Å²) < 4.78 is 26.7. The number of halogens is 3. The molecule has 0 spiro atoms. The predicted molar refractivity (Wildman–Crippen MR) is 70.9 cm³/mol. The summed E-state index contributed by atoms with van der Waals surface area (Å²) in [5, 5.41) is 3.38. The van der Waals surface area contributed by atoms with Crippen molar-refractivity contribution in [3.05, 3.63) is 35.4 Å². The van der Waals surface area contributed by atoms with E-state index in [-0.39, 0.29) is 5.41 Å². The molecule has 0 saturated heterocycles. The Morgan fingerprint density at radius 3 is 2.39 bits per heavy atom. The van der Waals surface area contributed by atoms with Crippen molar-refractivity contribution in [3.8, 4) is 0 Å². The van der Waals surface area contributed by atoms with Crippen LogP contribution in [0, 0.1) is 17.0 Å². The maximum Gasteiger partial charge on any atom is 0.257 e. The zero-order valence-electron chi connectivity index (χ0n) is 10.4. The zero-order chi connectivity index (χ0) is 13.8. The second kappa shape index (κ2) is 6.27. The van der Waals surface area contributed by atoms with E-state index in [1.807, 2.05) is 13.8 Å². The molecule has 0 heterocycles. The Kier molecular flexibility index (Phi) is 5.26. The molecule has 1 amide bonds.